The van der Waals surface area contributed by atoms with E-state index in [1.165, 1.54) is 12.8 Å². The third kappa shape index (κ3) is 2.10. The number of carbonyl (C=O) groups is 1. The van der Waals surface area contributed by atoms with Crippen LogP contribution in [0.2, 0.25) is 0 Å². The fourth-order valence-electron chi connectivity index (χ4n) is 1.74. The average Bonchev–Trinajstić information content (AvgIpc) is 3.05. The van der Waals surface area contributed by atoms with E-state index < -0.39 is 0 Å². The van der Waals surface area contributed by atoms with Gasteiger partial charge in [0.1, 0.15) is 0 Å². The highest BCUT2D eigenvalue weighted by Gasteiger charge is 2.29. The molecule has 0 heterocycles. The van der Waals surface area contributed by atoms with Crippen LogP contribution in [-0.4, -0.2) is 17.1 Å². The molecule has 1 unspecified atom stereocenters. The molecule has 0 bridgehead atoms. The number of benzene rings is 1. The Bertz CT molecular complexity index is 413. The highest BCUT2D eigenvalue weighted by atomic mass is 16.3. The zero-order valence-corrected chi connectivity index (χ0v) is 9.23. The van der Waals surface area contributed by atoms with Crippen LogP contribution >= 0.6 is 0 Å². The molecule has 1 aromatic rings. The second-order valence-corrected chi connectivity index (χ2v) is 4.34. The molecule has 0 radical (unpaired) electrons. The van der Waals surface area contributed by atoms with E-state index in [4.69, 9.17) is 5.73 Å². The summed E-state index contributed by atoms with van der Waals surface area (Å²) in [6.45, 7) is 1.99. The number of para-hydroxylation sites is 1. The second-order valence-electron chi connectivity index (χ2n) is 4.34. The van der Waals surface area contributed by atoms with E-state index in [1.807, 2.05) is 6.92 Å². The molecule has 0 aromatic heterocycles. The van der Waals surface area contributed by atoms with Crippen molar-refractivity contribution in [3.63, 3.8) is 0 Å². The molecule has 16 heavy (non-hydrogen) atoms. The van der Waals surface area contributed by atoms with Gasteiger partial charge in [0.15, 0.2) is 5.75 Å². The van der Waals surface area contributed by atoms with Crippen LogP contribution in [0.3, 0.4) is 0 Å². The van der Waals surface area contributed by atoms with Crippen molar-refractivity contribution in [1.82, 2.24) is 5.32 Å². The first kappa shape index (κ1) is 10.8. The van der Waals surface area contributed by atoms with Crippen LogP contribution in [0.15, 0.2) is 18.2 Å². The van der Waals surface area contributed by atoms with Crippen LogP contribution in [0.5, 0.6) is 5.75 Å². The Morgan fingerprint density at radius 2 is 2.25 bits per heavy atom. The minimum atomic E-state index is -0.260. The molecule has 1 fully saturated rings. The van der Waals surface area contributed by atoms with Crippen molar-refractivity contribution in [2.75, 3.05) is 5.73 Å². The van der Waals surface area contributed by atoms with Gasteiger partial charge in [-0.15, -0.1) is 0 Å². The molecule has 0 saturated heterocycles. The monoisotopic (exact) mass is 220 g/mol. The molecule has 1 aliphatic rings. The van der Waals surface area contributed by atoms with Gasteiger partial charge in [-0.3, -0.25) is 4.79 Å². The summed E-state index contributed by atoms with van der Waals surface area (Å²) in [6.07, 6.45) is 2.34. The van der Waals surface area contributed by atoms with E-state index >= 15 is 0 Å². The number of nitrogens with one attached hydrogen (secondary N) is 1. The van der Waals surface area contributed by atoms with Gasteiger partial charge in [-0.05, 0) is 37.8 Å². The van der Waals surface area contributed by atoms with Crippen molar-refractivity contribution in [3.05, 3.63) is 23.8 Å². The molecule has 1 atom stereocenters. The van der Waals surface area contributed by atoms with Crippen molar-refractivity contribution in [3.8, 4) is 5.75 Å². The van der Waals surface area contributed by atoms with Crippen molar-refractivity contribution in [1.29, 1.82) is 0 Å². The highest BCUT2D eigenvalue weighted by molar-refractivity contribution is 5.98. The fraction of sp³-hybridized carbons (Fsp3) is 0.417. The maximum absolute atomic E-state index is 11.8. The van der Waals surface area contributed by atoms with E-state index in [9.17, 15) is 9.90 Å². The smallest absolute Gasteiger partial charge is 0.255 e. The first-order chi connectivity index (χ1) is 7.59. The van der Waals surface area contributed by atoms with Crippen LogP contribution in [0.4, 0.5) is 5.69 Å². The van der Waals surface area contributed by atoms with Gasteiger partial charge in [0.2, 0.25) is 0 Å². The Labute approximate surface area is 94.5 Å². The summed E-state index contributed by atoms with van der Waals surface area (Å²) in [5.74, 6) is 0.194. The minimum absolute atomic E-state index is 0.136. The quantitative estimate of drug-likeness (QED) is 0.533. The summed E-state index contributed by atoms with van der Waals surface area (Å²) < 4.78 is 0. The normalized spacial score (nSPS) is 16.8. The SMILES string of the molecule is CC(NC(=O)c1cccc(N)c1O)C1CC1. The molecular weight excluding hydrogens is 204 g/mol. The largest absolute Gasteiger partial charge is 0.505 e. The van der Waals surface area contributed by atoms with Crippen LogP contribution in [0, 0.1) is 5.92 Å². The van der Waals surface area contributed by atoms with Crippen molar-refractivity contribution < 1.29 is 9.90 Å². The molecule has 0 aliphatic heterocycles. The first-order valence-electron chi connectivity index (χ1n) is 5.48. The van der Waals surface area contributed by atoms with Crippen LogP contribution in [0.1, 0.15) is 30.1 Å². The maximum Gasteiger partial charge on any atom is 0.255 e. The number of amides is 1. The third-order valence-electron chi connectivity index (χ3n) is 3.00. The number of hydrogen-bond donors (Lipinski definition) is 3. The maximum atomic E-state index is 11.8. The van der Waals surface area contributed by atoms with Gasteiger partial charge in [0.25, 0.3) is 5.91 Å². The number of aromatic hydroxyl groups is 1. The lowest BCUT2D eigenvalue weighted by atomic mass is 10.1. The molecular formula is C12H16N2O2. The number of anilines is 1. The second kappa shape index (κ2) is 4.04. The van der Waals surface area contributed by atoms with Crippen molar-refractivity contribution in [2.45, 2.75) is 25.8 Å². The van der Waals surface area contributed by atoms with E-state index in [1.54, 1.807) is 18.2 Å². The number of carbonyl (C=O) groups excluding carboxylic acids is 1. The summed E-state index contributed by atoms with van der Waals surface area (Å²) in [4.78, 5) is 11.8. The van der Waals surface area contributed by atoms with Gasteiger partial charge in [0.05, 0.1) is 11.3 Å². The molecule has 1 aromatic carbocycles. The van der Waals surface area contributed by atoms with Gasteiger partial charge < -0.3 is 16.2 Å². The standard InChI is InChI=1S/C12H16N2O2/c1-7(8-5-6-8)14-12(16)9-3-2-4-10(13)11(9)15/h2-4,7-8,15H,5-6,13H2,1H3,(H,14,16). The summed E-state index contributed by atoms with van der Waals surface area (Å²) >= 11 is 0. The lowest BCUT2D eigenvalue weighted by molar-refractivity contribution is 0.0933. The van der Waals surface area contributed by atoms with Crippen LogP contribution in [0.25, 0.3) is 0 Å². The lowest BCUT2D eigenvalue weighted by Gasteiger charge is -2.13. The minimum Gasteiger partial charge on any atom is -0.505 e. The van der Waals surface area contributed by atoms with E-state index in [2.05, 4.69) is 5.32 Å². The van der Waals surface area contributed by atoms with Gasteiger partial charge in [-0.2, -0.15) is 0 Å². The molecule has 0 spiro atoms. The number of phenolic OH excluding ortho intramolecular Hbond substituents is 1. The Hall–Kier alpha value is -1.71. The van der Waals surface area contributed by atoms with E-state index in [0.29, 0.717) is 5.92 Å². The topological polar surface area (TPSA) is 75.4 Å². The van der Waals surface area contributed by atoms with Gasteiger partial charge in [0, 0.05) is 6.04 Å². The number of hydrogen-bond acceptors (Lipinski definition) is 3. The Morgan fingerprint density at radius 1 is 1.56 bits per heavy atom. The molecule has 4 nitrogen and oxygen atoms in total. The summed E-state index contributed by atoms with van der Waals surface area (Å²) in [5, 5.41) is 12.5. The summed E-state index contributed by atoms with van der Waals surface area (Å²) in [7, 11) is 0. The van der Waals surface area contributed by atoms with Gasteiger partial charge in [-0.1, -0.05) is 6.07 Å². The number of nitrogen functional groups attached to an aromatic ring is 1. The van der Waals surface area contributed by atoms with Gasteiger partial charge in [-0.25, -0.2) is 0 Å². The molecule has 1 amide bonds. The average molecular weight is 220 g/mol. The zero-order chi connectivity index (χ0) is 11.7. The molecule has 1 aliphatic carbocycles. The summed E-state index contributed by atoms with van der Waals surface area (Å²) in [6, 6.07) is 4.95. The third-order valence-corrected chi connectivity index (χ3v) is 3.00. The predicted octanol–water partition coefficient (Wildman–Crippen LogP) is 1.50. The number of nitrogens with two attached hydrogens (primary N) is 1. The fourth-order valence-corrected chi connectivity index (χ4v) is 1.74. The van der Waals surface area contributed by atoms with E-state index in [-0.39, 0.29) is 28.9 Å². The molecule has 2 rings (SSSR count). The molecule has 4 heteroatoms. The van der Waals surface area contributed by atoms with Crippen LogP contribution in [-0.2, 0) is 0 Å². The summed E-state index contributed by atoms with van der Waals surface area (Å²) in [5.41, 5.74) is 6.00. The Morgan fingerprint density at radius 3 is 2.88 bits per heavy atom. The van der Waals surface area contributed by atoms with E-state index in [0.717, 1.165) is 0 Å². The number of rotatable bonds is 3. The molecule has 4 N–H and O–H groups in total. The van der Waals surface area contributed by atoms with Crippen molar-refractivity contribution >= 4 is 11.6 Å². The molecule has 86 valence electrons. The van der Waals surface area contributed by atoms with Crippen molar-refractivity contribution in [2.24, 2.45) is 5.92 Å². The lowest BCUT2D eigenvalue weighted by Crippen LogP contribution is -2.34. The molecule has 1 saturated carbocycles. The van der Waals surface area contributed by atoms with Gasteiger partial charge >= 0.3 is 0 Å². The zero-order valence-electron chi connectivity index (χ0n) is 9.23. The number of phenols is 1. The Balaban J connectivity index is 2.10. The Kier molecular flexibility index (Phi) is 2.73. The van der Waals surface area contributed by atoms with Crippen LogP contribution < -0.4 is 11.1 Å². The highest BCUT2D eigenvalue weighted by Crippen LogP contribution is 2.32. The predicted molar refractivity (Wildman–Crippen MR) is 62.2 cm³/mol. The first-order valence-corrected chi connectivity index (χ1v) is 5.48.